The van der Waals surface area contributed by atoms with Gasteiger partial charge in [-0.3, -0.25) is 4.79 Å². The molecule has 0 unspecified atom stereocenters. The van der Waals surface area contributed by atoms with E-state index in [1.54, 1.807) is 4.90 Å². The molecule has 0 atom stereocenters. The van der Waals surface area contributed by atoms with Crippen LogP contribution in [-0.2, 0) is 11.0 Å². The second-order valence-corrected chi connectivity index (χ2v) is 4.94. The van der Waals surface area contributed by atoms with Gasteiger partial charge in [-0.15, -0.1) is 0 Å². The van der Waals surface area contributed by atoms with Crippen LogP contribution in [0, 0.1) is 17.2 Å². The van der Waals surface area contributed by atoms with E-state index in [9.17, 15) is 18.0 Å². The molecule has 4 nitrogen and oxygen atoms in total. The van der Waals surface area contributed by atoms with Gasteiger partial charge in [0.1, 0.15) is 0 Å². The Morgan fingerprint density at radius 3 is 2.43 bits per heavy atom. The molecule has 0 aromatic heterocycles. The number of halogens is 3. The Labute approximate surface area is 119 Å². The van der Waals surface area contributed by atoms with Gasteiger partial charge in [0.05, 0.1) is 23.1 Å². The smallest absolute Gasteiger partial charge is 0.417 e. The molecule has 2 rings (SSSR count). The number of alkyl halides is 3. The van der Waals surface area contributed by atoms with Crippen LogP contribution in [0.5, 0.6) is 0 Å². The van der Waals surface area contributed by atoms with E-state index in [0.717, 1.165) is 12.1 Å². The van der Waals surface area contributed by atoms with Crippen LogP contribution in [0.2, 0.25) is 0 Å². The lowest BCUT2D eigenvalue weighted by Gasteiger charge is -2.32. The molecule has 1 aliphatic rings. The van der Waals surface area contributed by atoms with Crippen molar-refractivity contribution in [3.63, 3.8) is 0 Å². The molecule has 1 heterocycles. The number of rotatable bonds is 2. The molecule has 1 aromatic rings. The number of carbonyl (C=O) groups is 1. The minimum atomic E-state index is -4.58. The number of hydrogen-bond acceptors (Lipinski definition) is 3. The maximum atomic E-state index is 12.9. The van der Waals surface area contributed by atoms with Crippen LogP contribution >= 0.6 is 0 Å². The summed E-state index contributed by atoms with van der Waals surface area (Å²) < 4.78 is 38.7. The van der Waals surface area contributed by atoms with Crippen LogP contribution < -0.4 is 4.90 Å². The van der Waals surface area contributed by atoms with Crippen molar-refractivity contribution in [1.82, 2.24) is 0 Å². The SMILES string of the molecule is N#Cc1ccc(N2CCC(C(=O)O)CC2)cc1C(F)(F)F. The molecule has 0 aliphatic carbocycles. The normalized spacial score (nSPS) is 16.6. The minimum Gasteiger partial charge on any atom is -0.481 e. The van der Waals surface area contributed by atoms with Gasteiger partial charge in [0, 0.05) is 18.8 Å². The minimum absolute atomic E-state index is 0.366. The van der Waals surface area contributed by atoms with Gasteiger partial charge in [-0.2, -0.15) is 18.4 Å². The van der Waals surface area contributed by atoms with E-state index in [1.807, 2.05) is 0 Å². The molecule has 1 aromatic carbocycles. The molecule has 7 heteroatoms. The Morgan fingerprint density at radius 1 is 1.33 bits per heavy atom. The van der Waals surface area contributed by atoms with Crippen molar-refractivity contribution in [2.75, 3.05) is 18.0 Å². The molecular formula is C14H13F3N2O2. The van der Waals surface area contributed by atoms with Crippen LogP contribution in [0.1, 0.15) is 24.0 Å². The summed E-state index contributed by atoms with van der Waals surface area (Å²) in [5.74, 6) is -1.31. The summed E-state index contributed by atoms with van der Waals surface area (Å²) in [5.41, 5.74) is -1.00. The number of carboxylic acid groups (broad SMARTS) is 1. The van der Waals surface area contributed by atoms with Gasteiger partial charge in [0.15, 0.2) is 0 Å². The number of aliphatic carboxylic acids is 1. The van der Waals surface area contributed by atoms with Crippen LogP contribution in [-0.4, -0.2) is 24.2 Å². The first-order valence-electron chi connectivity index (χ1n) is 6.42. The predicted octanol–water partition coefficient (Wildman–Crippen LogP) is 2.88. The molecule has 1 aliphatic heterocycles. The maximum absolute atomic E-state index is 12.9. The molecule has 0 spiro atoms. The van der Waals surface area contributed by atoms with Gasteiger partial charge in [0.2, 0.25) is 0 Å². The zero-order valence-electron chi connectivity index (χ0n) is 11.0. The Kier molecular flexibility index (Phi) is 4.07. The van der Waals surface area contributed by atoms with E-state index in [2.05, 4.69) is 0 Å². The summed E-state index contributed by atoms with van der Waals surface area (Å²) in [5, 5.41) is 17.7. The number of hydrogen-bond donors (Lipinski definition) is 1. The zero-order chi connectivity index (χ0) is 15.6. The van der Waals surface area contributed by atoms with E-state index in [-0.39, 0.29) is 0 Å². The van der Waals surface area contributed by atoms with Gasteiger partial charge in [-0.1, -0.05) is 0 Å². The monoisotopic (exact) mass is 298 g/mol. The summed E-state index contributed by atoms with van der Waals surface area (Å²) in [4.78, 5) is 12.6. The zero-order valence-corrected chi connectivity index (χ0v) is 11.0. The highest BCUT2D eigenvalue weighted by atomic mass is 19.4. The molecule has 0 radical (unpaired) electrons. The number of piperidine rings is 1. The van der Waals surface area contributed by atoms with Crippen LogP contribution in [0.4, 0.5) is 18.9 Å². The van der Waals surface area contributed by atoms with E-state index < -0.39 is 29.2 Å². The average Bonchev–Trinajstić information content (AvgIpc) is 2.45. The van der Waals surface area contributed by atoms with Gasteiger partial charge >= 0.3 is 12.1 Å². The maximum Gasteiger partial charge on any atom is 0.417 e. The summed E-state index contributed by atoms with van der Waals surface area (Å²) in [7, 11) is 0. The molecular weight excluding hydrogens is 285 g/mol. The summed E-state index contributed by atoms with van der Waals surface area (Å²) in [6, 6.07) is 5.12. The van der Waals surface area contributed by atoms with E-state index in [1.165, 1.54) is 12.1 Å². The second kappa shape index (κ2) is 5.64. The number of benzene rings is 1. The Hall–Kier alpha value is -2.23. The van der Waals surface area contributed by atoms with Gasteiger partial charge in [-0.05, 0) is 31.0 Å². The third kappa shape index (κ3) is 3.27. The molecule has 0 amide bonds. The first-order chi connectivity index (χ1) is 9.82. The lowest BCUT2D eigenvalue weighted by atomic mass is 9.96. The fourth-order valence-corrected chi connectivity index (χ4v) is 2.45. The average molecular weight is 298 g/mol. The van der Waals surface area contributed by atoms with Crippen molar-refractivity contribution in [3.8, 4) is 6.07 Å². The van der Waals surface area contributed by atoms with Gasteiger partial charge in [-0.25, -0.2) is 0 Å². The predicted molar refractivity (Wildman–Crippen MR) is 68.7 cm³/mol. The van der Waals surface area contributed by atoms with Crippen LogP contribution in [0.3, 0.4) is 0 Å². The molecule has 112 valence electrons. The number of nitrogens with zero attached hydrogens (tertiary/aromatic N) is 2. The first-order valence-corrected chi connectivity index (χ1v) is 6.42. The van der Waals surface area contributed by atoms with E-state index in [0.29, 0.717) is 31.6 Å². The number of nitriles is 1. The lowest BCUT2D eigenvalue weighted by molar-refractivity contribution is -0.142. The van der Waals surface area contributed by atoms with Crippen LogP contribution in [0.25, 0.3) is 0 Å². The fourth-order valence-electron chi connectivity index (χ4n) is 2.45. The number of anilines is 1. The summed E-state index contributed by atoms with van der Waals surface area (Å²) in [6.45, 7) is 0.778. The van der Waals surface area contributed by atoms with E-state index in [4.69, 9.17) is 10.4 Å². The highest BCUT2D eigenvalue weighted by molar-refractivity contribution is 5.70. The molecule has 1 N–H and O–H groups in total. The summed E-state index contributed by atoms with van der Waals surface area (Å²) >= 11 is 0. The largest absolute Gasteiger partial charge is 0.481 e. The van der Waals surface area contributed by atoms with E-state index >= 15 is 0 Å². The topological polar surface area (TPSA) is 64.3 Å². The Balaban J connectivity index is 2.23. The Bertz CT molecular complexity index is 585. The highest BCUT2D eigenvalue weighted by Gasteiger charge is 2.34. The first kappa shape index (κ1) is 15.2. The van der Waals surface area contributed by atoms with Crippen molar-refractivity contribution in [3.05, 3.63) is 29.3 Å². The lowest BCUT2D eigenvalue weighted by Crippen LogP contribution is -2.36. The van der Waals surface area contributed by atoms with Gasteiger partial charge in [0.25, 0.3) is 0 Å². The molecule has 21 heavy (non-hydrogen) atoms. The van der Waals surface area contributed by atoms with Crippen molar-refractivity contribution < 1.29 is 23.1 Å². The van der Waals surface area contributed by atoms with Crippen LogP contribution in [0.15, 0.2) is 18.2 Å². The number of carboxylic acids is 1. The second-order valence-electron chi connectivity index (χ2n) is 4.94. The quantitative estimate of drug-likeness (QED) is 0.912. The molecule has 0 bridgehead atoms. The van der Waals surface area contributed by atoms with Gasteiger partial charge < -0.3 is 10.0 Å². The van der Waals surface area contributed by atoms with Crippen molar-refractivity contribution >= 4 is 11.7 Å². The summed E-state index contributed by atoms with van der Waals surface area (Å²) in [6.07, 6.45) is -3.78. The standard InChI is InChI=1S/C14H13F3N2O2/c15-14(16,17)12-7-11(2-1-10(12)8-18)19-5-3-9(4-6-19)13(20)21/h1-2,7,9H,3-6H2,(H,20,21). The molecule has 1 fully saturated rings. The van der Waals surface area contributed by atoms with Crippen molar-refractivity contribution in [1.29, 1.82) is 5.26 Å². The third-order valence-corrected chi connectivity index (χ3v) is 3.64. The molecule has 0 saturated carbocycles. The third-order valence-electron chi connectivity index (χ3n) is 3.64. The molecule has 1 saturated heterocycles. The highest BCUT2D eigenvalue weighted by Crippen LogP contribution is 2.35. The van der Waals surface area contributed by atoms with Crippen molar-refractivity contribution in [2.45, 2.75) is 19.0 Å². The van der Waals surface area contributed by atoms with Crippen molar-refractivity contribution in [2.24, 2.45) is 5.92 Å². The Morgan fingerprint density at radius 2 is 1.95 bits per heavy atom. The fraction of sp³-hybridized carbons (Fsp3) is 0.429.